The zero-order chi connectivity index (χ0) is 9.47. The fourth-order valence-electron chi connectivity index (χ4n) is 2.92. The summed E-state index contributed by atoms with van der Waals surface area (Å²) in [5.41, 5.74) is -0.468. The monoisotopic (exact) mass is 182 g/mol. The van der Waals surface area contributed by atoms with Crippen LogP contribution in [0.2, 0.25) is 0 Å². The van der Waals surface area contributed by atoms with Gasteiger partial charge in [-0.05, 0) is 38.0 Å². The molecule has 0 spiro atoms. The normalized spacial score (nSPS) is 43.1. The minimum Gasteiger partial charge on any atom is -0.481 e. The maximum atomic E-state index is 11.0. The van der Waals surface area contributed by atoms with Crippen LogP contribution in [0.1, 0.15) is 32.1 Å². The Morgan fingerprint density at radius 2 is 2.08 bits per heavy atom. The van der Waals surface area contributed by atoms with E-state index >= 15 is 0 Å². The van der Waals surface area contributed by atoms with E-state index in [1.165, 1.54) is 0 Å². The van der Waals surface area contributed by atoms with Crippen LogP contribution < -0.4 is 0 Å². The van der Waals surface area contributed by atoms with Gasteiger partial charge >= 0.3 is 5.97 Å². The van der Waals surface area contributed by atoms with Crippen molar-refractivity contribution in [2.24, 2.45) is 17.3 Å². The smallest absolute Gasteiger partial charge is 0.309 e. The number of hydrogen-bond acceptors (Lipinski definition) is 2. The van der Waals surface area contributed by atoms with Gasteiger partial charge in [-0.1, -0.05) is 0 Å². The molecular formula is C10H14O3. The van der Waals surface area contributed by atoms with E-state index in [1.54, 1.807) is 0 Å². The molecule has 2 fully saturated rings. The van der Waals surface area contributed by atoms with Crippen molar-refractivity contribution in [3.63, 3.8) is 0 Å². The van der Waals surface area contributed by atoms with Crippen molar-refractivity contribution in [1.82, 2.24) is 0 Å². The van der Waals surface area contributed by atoms with Gasteiger partial charge in [-0.2, -0.15) is 0 Å². The van der Waals surface area contributed by atoms with E-state index in [-0.39, 0.29) is 5.92 Å². The second-order valence-electron chi connectivity index (χ2n) is 4.43. The molecule has 2 saturated carbocycles. The third kappa shape index (κ3) is 1.18. The fourth-order valence-corrected chi connectivity index (χ4v) is 2.92. The van der Waals surface area contributed by atoms with Crippen molar-refractivity contribution >= 4 is 12.3 Å². The first-order chi connectivity index (χ1) is 6.18. The number of fused-ring (bicyclic) bond motifs is 2. The van der Waals surface area contributed by atoms with Crippen LogP contribution in [0.4, 0.5) is 0 Å². The van der Waals surface area contributed by atoms with Crippen molar-refractivity contribution in [3.05, 3.63) is 0 Å². The van der Waals surface area contributed by atoms with Crippen LogP contribution in [-0.4, -0.2) is 17.4 Å². The minimum atomic E-state index is -0.653. The second kappa shape index (κ2) is 2.82. The van der Waals surface area contributed by atoms with E-state index in [4.69, 9.17) is 5.11 Å². The molecule has 0 radical (unpaired) electrons. The highest BCUT2D eigenvalue weighted by molar-refractivity contribution is 5.75. The molecule has 3 nitrogen and oxygen atoms in total. The Balaban J connectivity index is 2.17. The summed E-state index contributed by atoms with van der Waals surface area (Å²) >= 11 is 0. The zero-order valence-corrected chi connectivity index (χ0v) is 7.53. The number of carboxylic acid groups (broad SMARTS) is 1. The van der Waals surface area contributed by atoms with Crippen LogP contribution in [0.15, 0.2) is 0 Å². The first-order valence-electron chi connectivity index (χ1n) is 4.87. The van der Waals surface area contributed by atoms with Gasteiger partial charge in [0.2, 0.25) is 0 Å². The maximum absolute atomic E-state index is 11.0. The summed E-state index contributed by atoms with van der Waals surface area (Å²) in [7, 11) is 0. The van der Waals surface area contributed by atoms with Gasteiger partial charge in [0.1, 0.15) is 6.29 Å². The lowest BCUT2D eigenvalue weighted by molar-refractivity contribution is -0.151. The molecule has 0 aliphatic heterocycles. The topological polar surface area (TPSA) is 54.4 Å². The molecular weight excluding hydrogens is 168 g/mol. The van der Waals surface area contributed by atoms with E-state index < -0.39 is 11.4 Å². The third-order valence-corrected chi connectivity index (χ3v) is 3.84. The highest BCUT2D eigenvalue weighted by Gasteiger charge is 2.50. The highest BCUT2D eigenvalue weighted by atomic mass is 16.4. The number of aliphatic carboxylic acids is 1. The molecule has 0 saturated heterocycles. The molecule has 0 aromatic rings. The number of aldehydes is 1. The summed E-state index contributed by atoms with van der Waals surface area (Å²) in [6.45, 7) is 0. The predicted molar refractivity (Wildman–Crippen MR) is 46.2 cm³/mol. The van der Waals surface area contributed by atoms with Crippen LogP contribution in [0.25, 0.3) is 0 Å². The van der Waals surface area contributed by atoms with Gasteiger partial charge in [0.05, 0.1) is 5.41 Å². The van der Waals surface area contributed by atoms with Crippen molar-refractivity contribution < 1.29 is 14.7 Å². The minimum absolute atomic E-state index is 0.134. The van der Waals surface area contributed by atoms with Crippen molar-refractivity contribution in [1.29, 1.82) is 0 Å². The largest absolute Gasteiger partial charge is 0.481 e. The number of rotatable bonds is 2. The lowest BCUT2D eigenvalue weighted by Crippen LogP contribution is -2.33. The van der Waals surface area contributed by atoms with Crippen LogP contribution >= 0.6 is 0 Å². The van der Waals surface area contributed by atoms with Crippen molar-refractivity contribution in [2.75, 3.05) is 0 Å². The first-order valence-corrected chi connectivity index (χ1v) is 4.87. The fraction of sp³-hybridized carbons (Fsp3) is 0.800. The number of carbonyl (C=O) groups excluding carboxylic acids is 1. The summed E-state index contributed by atoms with van der Waals surface area (Å²) in [5.74, 6) is -0.170. The van der Waals surface area contributed by atoms with Gasteiger partial charge in [0.15, 0.2) is 0 Å². The molecule has 2 aliphatic carbocycles. The molecule has 0 heterocycles. The Morgan fingerprint density at radius 1 is 1.38 bits per heavy atom. The molecule has 2 aliphatic rings. The number of carboxylic acids is 1. The summed E-state index contributed by atoms with van der Waals surface area (Å²) in [5, 5.41) is 9.09. The van der Waals surface area contributed by atoms with Crippen LogP contribution in [-0.2, 0) is 9.59 Å². The molecule has 0 amide bonds. The van der Waals surface area contributed by atoms with Gasteiger partial charge in [-0.3, -0.25) is 4.79 Å². The molecule has 13 heavy (non-hydrogen) atoms. The summed E-state index contributed by atoms with van der Waals surface area (Å²) in [6.07, 6.45) is 4.92. The van der Waals surface area contributed by atoms with Gasteiger partial charge in [-0.25, -0.2) is 0 Å². The molecule has 0 aromatic carbocycles. The van der Waals surface area contributed by atoms with Crippen LogP contribution in [0.5, 0.6) is 0 Å². The molecule has 0 aromatic heterocycles. The summed E-state index contributed by atoms with van der Waals surface area (Å²) < 4.78 is 0. The summed E-state index contributed by atoms with van der Waals surface area (Å²) in [6, 6.07) is 0. The first kappa shape index (κ1) is 8.73. The van der Waals surface area contributed by atoms with Gasteiger partial charge < -0.3 is 9.90 Å². The summed E-state index contributed by atoms with van der Waals surface area (Å²) in [4.78, 5) is 21.7. The van der Waals surface area contributed by atoms with E-state index in [1.807, 2.05) is 0 Å². The van der Waals surface area contributed by atoms with Gasteiger partial charge in [0, 0.05) is 5.92 Å². The van der Waals surface area contributed by atoms with Crippen LogP contribution in [0, 0.1) is 17.3 Å². The average molecular weight is 182 g/mol. The number of hydrogen-bond donors (Lipinski definition) is 1. The molecule has 3 unspecified atom stereocenters. The van der Waals surface area contributed by atoms with Crippen molar-refractivity contribution in [3.8, 4) is 0 Å². The van der Waals surface area contributed by atoms with Gasteiger partial charge in [0.25, 0.3) is 0 Å². The van der Waals surface area contributed by atoms with E-state index in [0.717, 1.165) is 32.0 Å². The Hall–Kier alpha value is -0.860. The number of carbonyl (C=O) groups is 2. The molecule has 2 rings (SSSR count). The molecule has 2 bridgehead atoms. The lowest BCUT2D eigenvalue weighted by Gasteiger charge is -2.31. The second-order valence-corrected chi connectivity index (χ2v) is 4.43. The highest BCUT2D eigenvalue weighted by Crippen LogP contribution is 2.53. The maximum Gasteiger partial charge on any atom is 0.309 e. The standard InChI is InChI=1S/C10H14O3/c11-6-8-2-4-10(9(12)13)3-1-7(8)5-10/h6-8H,1-5H2,(H,12,13). The third-order valence-electron chi connectivity index (χ3n) is 3.84. The average Bonchev–Trinajstić information content (AvgIpc) is 2.47. The molecule has 1 N–H and O–H groups in total. The molecule has 3 heteroatoms. The van der Waals surface area contributed by atoms with Crippen LogP contribution in [0.3, 0.4) is 0 Å². The van der Waals surface area contributed by atoms with E-state index in [9.17, 15) is 9.59 Å². The Morgan fingerprint density at radius 3 is 2.69 bits per heavy atom. The SMILES string of the molecule is O=CC1CCC2(C(=O)O)CCC1C2. The Labute approximate surface area is 77.1 Å². The van der Waals surface area contributed by atoms with E-state index in [0.29, 0.717) is 12.3 Å². The van der Waals surface area contributed by atoms with Gasteiger partial charge in [-0.15, -0.1) is 0 Å². The van der Waals surface area contributed by atoms with Crippen molar-refractivity contribution in [2.45, 2.75) is 32.1 Å². The quantitative estimate of drug-likeness (QED) is 0.658. The predicted octanol–water partition coefficient (Wildman–Crippen LogP) is 1.47. The van der Waals surface area contributed by atoms with E-state index in [2.05, 4.69) is 0 Å². The Bertz CT molecular complexity index is 249. The lowest BCUT2D eigenvalue weighted by atomic mass is 9.72. The molecule has 3 atom stereocenters. The molecule has 72 valence electrons. The Kier molecular flexibility index (Phi) is 1.90. The zero-order valence-electron chi connectivity index (χ0n) is 7.53.